The van der Waals surface area contributed by atoms with Crippen molar-refractivity contribution in [3.63, 3.8) is 0 Å². The predicted octanol–water partition coefficient (Wildman–Crippen LogP) is 2.41. The van der Waals surface area contributed by atoms with E-state index in [-0.39, 0.29) is 6.04 Å². The van der Waals surface area contributed by atoms with Crippen molar-refractivity contribution < 1.29 is 0 Å². The quantitative estimate of drug-likeness (QED) is 0.895. The molecule has 0 aliphatic carbocycles. The van der Waals surface area contributed by atoms with Crippen LogP contribution in [0.5, 0.6) is 0 Å². The molecule has 20 heavy (non-hydrogen) atoms. The topological polar surface area (TPSA) is 32.5 Å². The van der Waals surface area contributed by atoms with Crippen LogP contribution in [0, 0.1) is 6.92 Å². The van der Waals surface area contributed by atoms with Gasteiger partial charge in [-0.3, -0.25) is 4.90 Å². The van der Waals surface area contributed by atoms with Crippen LogP contribution in [0.25, 0.3) is 0 Å². The van der Waals surface area contributed by atoms with Crippen LogP contribution in [0.4, 0.5) is 0 Å². The molecule has 0 saturated carbocycles. The van der Waals surface area contributed by atoms with Crippen molar-refractivity contribution in [3.8, 4) is 0 Å². The number of aryl methyl sites for hydroxylation is 1. The van der Waals surface area contributed by atoms with Crippen LogP contribution in [0.2, 0.25) is 0 Å². The first-order chi connectivity index (χ1) is 9.49. The molecule has 2 rings (SSSR count). The fraction of sp³-hybridized carbons (Fsp3) is 0.647. The first-order valence-corrected chi connectivity index (χ1v) is 7.71. The van der Waals surface area contributed by atoms with Crippen LogP contribution in [0.3, 0.4) is 0 Å². The zero-order valence-electron chi connectivity index (χ0n) is 13.3. The molecule has 2 N–H and O–H groups in total. The van der Waals surface area contributed by atoms with Crippen molar-refractivity contribution in [1.29, 1.82) is 0 Å². The summed E-state index contributed by atoms with van der Waals surface area (Å²) < 4.78 is 0. The molecule has 3 atom stereocenters. The summed E-state index contributed by atoms with van der Waals surface area (Å²) in [6, 6.07) is 10.00. The van der Waals surface area contributed by atoms with Crippen molar-refractivity contribution >= 4 is 0 Å². The summed E-state index contributed by atoms with van der Waals surface area (Å²) in [6.45, 7) is 6.55. The minimum Gasteiger partial charge on any atom is -0.326 e. The molecule has 0 amide bonds. The van der Waals surface area contributed by atoms with E-state index in [4.69, 9.17) is 5.73 Å². The SMILES string of the molecule is Cc1ccc(C(C(C)N)N2CCCC2CN(C)C)cc1. The molecule has 1 heterocycles. The Morgan fingerprint density at radius 1 is 1.30 bits per heavy atom. The third kappa shape index (κ3) is 3.60. The van der Waals surface area contributed by atoms with Crippen molar-refractivity contribution in [2.24, 2.45) is 5.73 Å². The molecule has 0 aromatic heterocycles. The number of likely N-dealkylation sites (tertiary alicyclic amines) is 1. The largest absolute Gasteiger partial charge is 0.326 e. The molecule has 1 saturated heterocycles. The molecule has 1 fully saturated rings. The maximum Gasteiger partial charge on any atom is 0.0499 e. The highest BCUT2D eigenvalue weighted by Gasteiger charge is 2.33. The lowest BCUT2D eigenvalue weighted by Crippen LogP contribution is -2.45. The van der Waals surface area contributed by atoms with Gasteiger partial charge in [0.25, 0.3) is 0 Å². The van der Waals surface area contributed by atoms with E-state index in [0.29, 0.717) is 12.1 Å². The van der Waals surface area contributed by atoms with E-state index < -0.39 is 0 Å². The second-order valence-corrected chi connectivity index (χ2v) is 6.51. The normalized spacial score (nSPS) is 23.2. The first kappa shape index (κ1) is 15.5. The molecule has 112 valence electrons. The van der Waals surface area contributed by atoms with Crippen LogP contribution in [-0.2, 0) is 0 Å². The van der Waals surface area contributed by atoms with Gasteiger partial charge in [0.1, 0.15) is 0 Å². The average Bonchev–Trinajstić information content (AvgIpc) is 2.79. The Bertz CT molecular complexity index is 411. The summed E-state index contributed by atoms with van der Waals surface area (Å²) >= 11 is 0. The molecule has 3 nitrogen and oxygen atoms in total. The minimum absolute atomic E-state index is 0.153. The van der Waals surface area contributed by atoms with Crippen molar-refractivity contribution in [2.75, 3.05) is 27.2 Å². The Morgan fingerprint density at radius 2 is 1.95 bits per heavy atom. The van der Waals surface area contributed by atoms with Gasteiger partial charge in [-0.2, -0.15) is 0 Å². The van der Waals surface area contributed by atoms with Gasteiger partial charge < -0.3 is 10.6 Å². The lowest BCUT2D eigenvalue weighted by atomic mass is 9.97. The Kier molecular flexibility index (Phi) is 5.19. The van der Waals surface area contributed by atoms with Gasteiger partial charge in [0.15, 0.2) is 0 Å². The number of likely N-dealkylation sites (N-methyl/N-ethyl adjacent to an activating group) is 1. The molecular formula is C17H29N3. The number of nitrogens with zero attached hydrogens (tertiary/aromatic N) is 2. The molecule has 3 heteroatoms. The molecule has 1 aliphatic heterocycles. The molecule has 1 aliphatic rings. The summed E-state index contributed by atoms with van der Waals surface area (Å²) in [5.74, 6) is 0. The smallest absolute Gasteiger partial charge is 0.0499 e. The standard InChI is InChI=1S/C17H29N3/c1-13-7-9-15(10-8-13)17(14(2)18)20-11-5-6-16(20)12-19(3)4/h7-10,14,16-17H,5-6,11-12,18H2,1-4H3. The van der Waals surface area contributed by atoms with E-state index in [1.54, 1.807) is 0 Å². The summed E-state index contributed by atoms with van der Waals surface area (Å²) in [6.07, 6.45) is 2.57. The lowest BCUT2D eigenvalue weighted by molar-refractivity contribution is 0.137. The zero-order chi connectivity index (χ0) is 14.7. The van der Waals surface area contributed by atoms with Gasteiger partial charge in [-0.15, -0.1) is 0 Å². The Labute approximate surface area is 123 Å². The van der Waals surface area contributed by atoms with E-state index >= 15 is 0 Å². The van der Waals surface area contributed by atoms with Gasteiger partial charge in [-0.25, -0.2) is 0 Å². The number of hydrogen-bond acceptors (Lipinski definition) is 3. The Balaban J connectivity index is 2.21. The Morgan fingerprint density at radius 3 is 2.50 bits per heavy atom. The average molecular weight is 275 g/mol. The number of benzene rings is 1. The van der Waals surface area contributed by atoms with E-state index in [2.05, 4.69) is 62.0 Å². The fourth-order valence-corrected chi connectivity index (χ4v) is 3.40. The van der Waals surface area contributed by atoms with Crippen LogP contribution in [-0.4, -0.2) is 49.1 Å². The lowest BCUT2D eigenvalue weighted by Gasteiger charge is -2.37. The van der Waals surface area contributed by atoms with Crippen LogP contribution in [0.15, 0.2) is 24.3 Å². The van der Waals surface area contributed by atoms with E-state index in [0.717, 1.165) is 6.54 Å². The minimum atomic E-state index is 0.153. The van der Waals surface area contributed by atoms with Gasteiger partial charge in [-0.1, -0.05) is 29.8 Å². The number of rotatable bonds is 5. The van der Waals surface area contributed by atoms with Gasteiger partial charge in [0.05, 0.1) is 0 Å². The van der Waals surface area contributed by atoms with Gasteiger partial charge in [0.2, 0.25) is 0 Å². The van der Waals surface area contributed by atoms with Crippen molar-refractivity contribution in [1.82, 2.24) is 9.80 Å². The molecule has 0 radical (unpaired) electrons. The summed E-state index contributed by atoms with van der Waals surface area (Å²) in [7, 11) is 4.31. The number of hydrogen-bond donors (Lipinski definition) is 1. The van der Waals surface area contributed by atoms with Crippen LogP contribution < -0.4 is 5.73 Å². The molecule has 0 bridgehead atoms. The monoisotopic (exact) mass is 275 g/mol. The molecular weight excluding hydrogens is 246 g/mol. The first-order valence-electron chi connectivity index (χ1n) is 7.71. The molecule has 0 spiro atoms. The maximum atomic E-state index is 6.32. The Hall–Kier alpha value is -0.900. The van der Waals surface area contributed by atoms with E-state index in [1.807, 2.05) is 0 Å². The highest BCUT2D eigenvalue weighted by molar-refractivity contribution is 5.25. The predicted molar refractivity (Wildman–Crippen MR) is 85.9 cm³/mol. The molecule has 3 unspecified atom stereocenters. The third-order valence-electron chi connectivity index (χ3n) is 4.27. The highest BCUT2D eigenvalue weighted by Crippen LogP contribution is 2.31. The van der Waals surface area contributed by atoms with Crippen LogP contribution in [0.1, 0.15) is 36.9 Å². The number of nitrogens with two attached hydrogens (primary N) is 1. The van der Waals surface area contributed by atoms with Gasteiger partial charge in [-0.05, 0) is 52.9 Å². The molecule has 1 aromatic rings. The summed E-state index contributed by atoms with van der Waals surface area (Å²) in [5.41, 5.74) is 8.99. The summed E-state index contributed by atoms with van der Waals surface area (Å²) in [4.78, 5) is 4.91. The third-order valence-corrected chi connectivity index (χ3v) is 4.27. The highest BCUT2D eigenvalue weighted by atomic mass is 15.2. The second kappa shape index (κ2) is 6.70. The van der Waals surface area contributed by atoms with E-state index in [1.165, 1.54) is 30.5 Å². The maximum absolute atomic E-state index is 6.32. The van der Waals surface area contributed by atoms with Gasteiger partial charge >= 0.3 is 0 Å². The zero-order valence-corrected chi connectivity index (χ0v) is 13.3. The summed E-state index contributed by atoms with van der Waals surface area (Å²) in [5, 5.41) is 0. The molecule has 1 aromatic carbocycles. The van der Waals surface area contributed by atoms with Crippen molar-refractivity contribution in [3.05, 3.63) is 35.4 Å². The van der Waals surface area contributed by atoms with Crippen molar-refractivity contribution in [2.45, 2.75) is 44.8 Å². The van der Waals surface area contributed by atoms with Gasteiger partial charge in [0, 0.05) is 24.7 Å². The fourth-order valence-electron chi connectivity index (χ4n) is 3.40. The second-order valence-electron chi connectivity index (χ2n) is 6.51. The van der Waals surface area contributed by atoms with Crippen LogP contribution >= 0.6 is 0 Å². The van der Waals surface area contributed by atoms with E-state index in [9.17, 15) is 0 Å².